The van der Waals surface area contributed by atoms with Gasteiger partial charge in [-0.25, -0.2) is 0 Å². The van der Waals surface area contributed by atoms with Crippen LogP contribution in [0.4, 0.5) is 11.4 Å². The Morgan fingerprint density at radius 2 is 2.17 bits per heavy atom. The number of aromatic nitrogens is 1. The largest absolute Gasteiger partial charge is 0.382 e. The number of nitrogens with one attached hydrogen (secondary N) is 2. The van der Waals surface area contributed by atoms with E-state index in [2.05, 4.69) is 15.6 Å². The molecule has 1 atom stereocenters. The van der Waals surface area contributed by atoms with Crippen molar-refractivity contribution in [3.05, 3.63) is 52.3 Å². The zero-order valence-corrected chi connectivity index (χ0v) is 14.4. The van der Waals surface area contributed by atoms with Gasteiger partial charge in [-0.3, -0.25) is 9.78 Å². The molecule has 0 radical (unpaired) electrons. The van der Waals surface area contributed by atoms with Gasteiger partial charge in [0.1, 0.15) is 5.69 Å². The van der Waals surface area contributed by atoms with E-state index >= 15 is 0 Å². The van der Waals surface area contributed by atoms with E-state index in [-0.39, 0.29) is 12.0 Å². The number of ether oxygens (including phenoxy) is 1. The van der Waals surface area contributed by atoms with Crippen molar-refractivity contribution in [2.45, 2.75) is 18.9 Å². The topological polar surface area (TPSA) is 63.2 Å². The van der Waals surface area contributed by atoms with Crippen LogP contribution >= 0.6 is 23.2 Å². The van der Waals surface area contributed by atoms with Crippen molar-refractivity contribution >= 4 is 40.5 Å². The zero-order valence-electron chi connectivity index (χ0n) is 12.9. The van der Waals surface area contributed by atoms with Gasteiger partial charge in [0.05, 0.1) is 16.8 Å². The Balaban J connectivity index is 1.66. The third-order valence-electron chi connectivity index (χ3n) is 3.73. The lowest BCUT2D eigenvalue weighted by molar-refractivity contribution is 0.102. The highest BCUT2D eigenvalue weighted by Gasteiger charge is 2.15. The fourth-order valence-corrected chi connectivity index (χ4v) is 2.82. The average Bonchev–Trinajstić information content (AvgIpc) is 3.10. The Morgan fingerprint density at radius 3 is 2.96 bits per heavy atom. The van der Waals surface area contributed by atoms with E-state index in [1.807, 2.05) is 6.07 Å². The standard InChI is InChI=1S/C17H17Cl2N3O2/c18-11-3-4-14(19)15(8-11)22-17(23)16-9-12(5-6-20-16)21-10-13-2-1-7-24-13/h3-6,8-9,13H,1-2,7,10H2,(H,20,21)(H,22,23). The first-order chi connectivity index (χ1) is 11.6. The summed E-state index contributed by atoms with van der Waals surface area (Å²) in [5, 5.41) is 6.91. The van der Waals surface area contributed by atoms with Gasteiger partial charge in [-0.15, -0.1) is 0 Å². The number of anilines is 2. The van der Waals surface area contributed by atoms with Crippen molar-refractivity contribution in [1.29, 1.82) is 0 Å². The van der Waals surface area contributed by atoms with Crippen LogP contribution in [0.15, 0.2) is 36.5 Å². The Hall–Kier alpha value is -1.82. The normalized spacial score (nSPS) is 16.8. The number of hydrogen-bond donors (Lipinski definition) is 2. The van der Waals surface area contributed by atoms with Crippen LogP contribution in [0, 0.1) is 0 Å². The molecule has 1 aliphatic heterocycles. The van der Waals surface area contributed by atoms with E-state index in [9.17, 15) is 4.79 Å². The Labute approximate surface area is 150 Å². The third-order valence-corrected chi connectivity index (χ3v) is 4.29. The minimum atomic E-state index is -0.347. The van der Waals surface area contributed by atoms with E-state index in [1.54, 1.807) is 30.5 Å². The predicted octanol–water partition coefficient (Wildman–Crippen LogP) is 4.23. The lowest BCUT2D eigenvalue weighted by Gasteiger charge is -2.12. The second-order valence-electron chi connectivity index (χ2n) is 5.52. The molecule has 5 nitrogen and oxygen atoms in total. The van der Waals surface area contributed by atoms with Crippen molar-refractivity contribution in [1.82, 2.24) is 4.98 Å². The van der Waals surface area contributed by atoms with Gasteiger partial charge in [-0.1, -0.05) is 23.2 Å². The Morgan fingerprint density at radius 1 is 1.29 bits per heavy atom. The van der Waals surface area contributed by atoms with E-state index in [0.717, 1.165) is 25.1 Å². The number of nitrogens with zero attached hydrogens (tertiary/aromatic N) is 1. The fraction of sp³-hybridized carbons (Fsp3) is 0.294. The molecule has 126 valence electrons. The van der Waals surface area contributed by atoms with Gasteiger partial charge < -0.3 is 15.4 Å². The third kappa shape index (κ3) is 4.38. The number of rotatable bonds is 5. The van der Waals surface area contributed by atoms with Crippen LogP contribution in [-0.2, 0) is 4.74 Å². The van der Waals surface area contributed by atoms with Crippen LogP contribution in [-0.4, -0.2) is 30.1 Å². The van der Waals surface area contributed by atoms with Crippen LogP contribution in [0.5, 0.6) is 0 Å². The maximum atomic E-state index is 12.4. The van der Waals surface area contributed by atoms with Gasteiger partial charge in [0.2, 0.25) is 0 Å². The number of halogens is 2. The summed E-state index contributed by atoms with van der Waals surface area (Å²) in [5.41, 5.74) is 1.57. The Bertz CT molecular complexity index is 734. The molecule has 2 N–H and O–H groups in total. The quantitative estimate of drug-likeness (QED) is 0.831. The molecular formula is C17H17Cl2N3O2. The first-order valence-electron chi connectivity index (χ1n) is 7.70. The second kappa shape index (κ2) is 7.83. The molecular weight excluding hydrogens is 349 g/mol. The molecule has 1 unspecified atom stereocenters. The number of carbonyl (C=O) groups is 1. The van der Waals surface area contributed by atoms with Crippen molar-refractivity contribution in [2.24, 2.45) is 0 Å². The van der Waals surface area contributed by atoms with Crippen LogP contribution < -0.4 is 10.6 Å². The zero-order chi connectivity index (χ0) is 16.9. The van der Waals surface area contributed by atoms with Crippen LogP contribution in [0.3, 0.4) is 0 Å². The summed E-state index contributed by atoms with van der Waals surface area (Å²) in [5.74, 6) is -0.347. The smallest absolute Gasteiger partial charge is 0.274 e. The van der Waals surface area contributed by atoms with Crippen LogP contribution in [0.2, 0.25) is 10.0 Å². The highest BCUT2D eigenvalue weighted by Crippen LogP contribution is 2.26. The first kappa shape index (κ1) is 17.0. The molecule has 1 amide bonds. The highest BCUT2D eigenvalue weighted by atomic mass is 35.5. The monoisotopic (exact) mass is 365 g/mol. The average molecular weight is 366 g/mol. The number of benzene rings is 1. The molecule has 3 rings (SSSR count). The molecule has 0 saturated carbocycles. The molecule has 2 heterocycles. The van der Waals surface area contributed by atoms with Gasteiger partial charge in [-0.2, -0.15) is 0 Å². The van der Waals surface area contributed by atoms with Gasteiger partial charge in [-0.05, 0) is 43.2 Å². The summed E-state index contributed by atoms with van der Waals surface area (Å²) in [6.07, 6.45) is 3.96. The summed E-state index contributed by atoms with van der Waals surface area (Å²) in [7, 11) is 0. The second-order valence-corrected chi connectivity index (χ2v) is 6.37. The van der Waals surface area contributed by atoms with Gasteiger partial charge >= 0.3 is 0 Å². The molecule has 1 aliphatic rings. The summed E-state index contributed by atoms with van der Waals surface area (Å²) in [6.45, 7) is 1.53. The van der Waals surface area contributed by atoms with Crippen molar-refractivity contribution < 1.29 is 9.53 Å². The molecule has 24 heavy (non-hydrogen) atoms. The van der Waals surface area contributed by atoms with Gasteiger partial charge in [0, 0.05) is 30.1 Å². The molecule has 1 fully saturated rings. The molecule has 2 aromatic rings. The summed E-state index contributed by atoms with van der Waals surface area (Å²) < 4.78 is 5.57. The van der Waals surface area contributed by atoms with Crippen molar-refractivity contribution in [2.75, 3.05) is 23.8 Å². The minimum Gasteiger partial charge on any atom is -0.382 e. The summed E-state index contributed by atoms with van der Waals surface area (Å²) in [4.78, 5) is 16.5. The first-order valence-corrected chi connectivity index (χ1v) is 8.45. The maximum Gasteiger partial charge on any atom is 0.274 e. The van der Waals surface area contributed by atoms with E-state index in [1.165, 1.54) is 0 Å². The highest BCUT2D eigenvalue weighted by molar-refractivity contribution is 6.35. The van der Waals surface area contributed by atoms with Crippen LogP contribution in [0.25, 0.3) is 0 Å². The molecule has 0 bridgehead atoms. The van der Waals surface area contributed by atoms with E-state index in [4.69, 9.17) is 27.9 Å². The molecule has 1 aromatic heterocycles. The van der Waals surface area contributed by atoms with Gasteiger partial charge in [0.25, 0.3) is 5.91 Å². The lowest BCUT2D eigenvalue weighted by atomic mass is 10.2. The molecule has 7 heteroatoms. The summed E-state index contributed by atoms with van der Waals surface area (Å²) in [6, 6.07) is 8.40. The van der Waals surface area contributed by atoms with Crippen LogP contribution in [0.1, 0.15) is 23.3 Å². The van der Waals surface area contributed by atoms with Crippen molar-refractivity contribution in [3.8, 4) is 0 Å². The van der Waals surface area contributed by atoms with E-state index < -0.39 is 0 Å². The minimum absolute atomic E-state index is 0.223. The molecule has 0 aliphatic carbocycles. The number of pyridine rings is 1. The molecule has 1 saturated heterocycles. The van der Waals surface area contributed by atoms with E-state index in [0.29, 0.717) is 28.0 Å². The molecule has 1 aromatic carbocycles. The number of hydrogen-bond acceptors (Lipinski definition) is 4. The number of amides is 1. The summed E-state index contributed by atoms with van der Waals surface area (Å²) >= 11 is 12.0. The van der Waals surface area contributed by atoms with Gasteiger partial charge in [0.15, 0.2) is 0 Å². The Kier molecular flexibility index (Phi) is 5.56. The lowest BCUT2D eigenvalue weighted by Crippen LogP contribution is -2.19. The number of carbonyl (C=O) groups excluding carboxylic acids is 1. The predicted molar refractivity (Wildman–Crippen MR) is 96.1 cm³/mol. The maximum absolute atomic E-state index is 12.4. The van der Waals surface area contributed by atoms with Crippen molar-refractivity contribution in [3.63, 3.8) is 0 Å². The fourth-order valence-electron chi connectivity index (χ4n) is 2.48. The molecule has 0 spiro atoms. The SMILES string of the molecule is O=C(Nc1cc(Cl)ccc1Cl)c1cc(NCC2CCCO2)ccn1.